The lowest BCUT2D eigenvalue weighted by molar-refractivity contribution is -0.201. The van der Waals surface area contributed by atoms with Gasteiger partial charge in [-0.3, -0.25) is 10.3 Å². The second-order valence-electron chi connectivity index (χ2n) is 7.68. The molecule has 1 amide bonds. The topological polar surface area (TPSA) is 63.2 Å². The molecule has 6 nitrogen and oxygen atoms in total. The van der Waals surface area contributed by atoms with Gasteiger partial charge in [0.2, 0.25) is 5.90 Å². The van der Waals surface area contributed by atoms with Gasteiger partial charge in [0.15, 0.2) is 0 Å². The SMILES string of the molecule is CC(C)(C)OC(=O)N(Cc1ccc(C2=NNC(C(F)(F)F)O2)cc1)c1ccccc1. The summed E-state index contributed by atoms with van der Waals surface area (Å²) in [5.74, 6) is -0.143. The molecule has 9 heteroatoms. The monoisotopic (exact) mass is 421 g/mol. The van der Waals surface area contributed by atoms with Gasteiger partial charge in [-0.05, 0) is 50.6 Å². The van der Waals surface area contributed by atoms with E-state index in [2.05, 4.69) is 5.10 Å². The average Bonchev–Trinajstić information content (AvgIpc) is 3.16. The van der Waals surface area contributed by atoms with Gasteiger partial charge in [-0.15, -0.1) is 5.10 Å². The van der Waals surface area contributed by atoms with Crippen LogP contribution in [0.15, 0.2) is 59.7 Å². The zero-order valence-corrected chi connectivity index (χ0v) is 16.7. The third kappa shape index (κ3) is 5.43. The molecule has 30 heavy (non-hydrogen) atoms. The number of rotatable bonds is 4. The van der Waals surface area contributed by atoms with E-state index in [1.54, 1.807) is 57.2 Å². The maximum absolute atomic E-state index is 12.7. The second-order valence-corrected chi connectivity index (χ2v) is 7.68. The fourth-order valence-electron chi connectivity index (χ4n) is 2.68. The minimum atomic E-state index is -4.56. The van der Waals surface area contributed by atoms with Crippen LogP contribution in [0.1, 0.15) is 31.9 Å². The number of para-hydroxylation sites is 1. The molecule has 2 aromatic rings. The van der Waals surface area contributed by atoms with Crippen molar-refractivity contribution in [2.45, 2.75) is 45.3 Å². The zero-order valence-electron chi connectivity index (χ0n) is 16.7. The molecular formula is C21H22F3N3O3. The number of hydrogen-bond donors (Lipinski definition) is 1. The third-order valence-electron chi connectivity index (χ3n) is 4.03. The molecule has 0 aliphatic carbocycles. The first-order valence-corrected chi connectivity index (χ1v) is 9.24. The Bertz CT molecular complexity index is 907. The Balaban J connectivity index is 1.75. The fourth-order valence-corrected chi connectivity index (χ4v) is 2.68. The quantitative estimate of drug-likeness (QED) is 0.771. The molecule has 1 aliphatic heterocycles. The summed E-state index contributed by atoms with van der Waals surface area (Å²) in [6, 6.07) is 15.6. The number of alkyl halides is 3. The van der Waals surface area contributed by atoms with Crippen LogP contribution in [0, 0.1) is 0 Å². The van der Waals surface area contributed by atoms with Crippen LogP contribution in [0.4, 0.5) is 23.7 Å². The van der Waals surface area contributed by atoms with E-state index in [-0.39, 0.29) is 12.4 Å². The fraction of sp³-hybridized carbons (Fsp3) is 0.333. The number of nitrogens with zero attached hydrogens (tertiary/aromatic N) is 2. The van der Waals surface area contributed by atoms with Crippen molar-refractivity contribution in [3.05, 3.63) is 65.7 Å². The molecule has 1 N–H and O–H groups in total. The smallest absolute Gasteiger partial charge is 0.443 e. The van der Waals surface area contributed by atoms with Gasteiger partial charge in [0, 0.05) is 11.3 Å². The van der Waals surface area contributed by atoms with E-state index in [0.29, 0.717) is 11.3 Å². The van der Waals surface area contributed by atoms with E-state index in [1.165, 1.54) is 4.90 Å². The average molecular weight is 421 g/mol. The Labute approximate surface area is 172 Å². The van der Waals surface area contributed by atoms with Crippen molar-refractivity contribution in [1.82, 2.24) is 5.43 Å². The summed E-state index contributed by atoms with van der Waals surface area (Å²) in [6.07, 6.45) is -7.22. The number of amides is 1. The number of ether oxygens (including phenoxy) is 2. The Hall–Kier alpha value is -3.23. The molecule has 2 aromatic carbocycles. The molecule has 160 valence electrons. The van der Waals surface area contributed by atoms with Gasteiger partial charge in [0.1, 0.15) is 5.60 Å². The highest BCUT2D eigenvalue weighted by Crippen LogP contribution is 2.26. The zero-order chi connectivity index (χ0) is 21.9. The molecular weight excluding hydrogens is 399 g/mol. The van der Waals surface area contributed by atoms with E-state index >= 15 is 0 Å². The van der Waals surface area contributed by atoms with E-state index in [9.17, 15) is 18.0 Å². The molecule has 1 aliphatic rings. The van der Waals surface area contributed by atoms with E-state index < -0.39 is 24.1 Å². The molecule has 0 aromatic heterocycles. The predicted octanol–water partition coefficient (Wildman–Crippen LogP) is 4.80. The maximum atomic E-state index is 12.7. The number of hydrogen-bond acceptors (Lipinski definition) is 5. The summed E-state index contributed by atoms with van der Waals surface area (Å²) in [5.41, 5.74) is 3.07. The van der Waals surface area contributed by atoms with Crippen LogP contribution < -0.4 is 10.3 Å². The van der Waals surface area contributed by atoms with Gasteiger partial charge in [0.25, 0.3) is 6.23 Å². The number of hydrazone groups is 1. The maximum Gasteiger partial charge on any atom is 0.446 e. The summed E-state index contributed by atoms with van der Waals surface area (Å²) in [5, 5.41) is 3.60. The summed E-state index contributed by atoms with van der Waals surface area (Å²) in [6.45, 7) is 5.57. The molecule has 0 bridgehead atoms. The molecule has 1 heterocycles. The molecule has 1 atom stereocenters. The first kappa shape index (κ1) is 21.5. The number of carbonyl (C=O) groups excluding carboxylic acids is 1. The van der Waals surface area contributed by atoms with Gasteiger partial charge in [0.05, 0.1) is 6.54 Å². The number of halogens is 3. The summed E-state index contributed by atoms with van der Waals surface area (Å²) < 4.78 is 48.4. The van der Waals surface area contributed by atoms with Crippen LogP contribution in [0.25, 0.3) is 0 Å². The van der Waals surface area contributed by atoms with E-state index in [4.69, 9.17) is 9.47 Å². The van der Waals surface area contributed by atoms with Gasteiger partial charge < -0.3 is 9.47 Å². The minimum Gasteiger partial charge on any atom is -0.443 e. The van der Waals surface area contributed by atoms with Gasteiger partial charge in [-0.1, -0.05) is 30.3 Å². The van der Waals surface area contributed by atoms with Gasteiger partial charge >= 0.3 is 12.3 Å². The summed E-state index contributed by atoms with van der Waals surface area (Å²) in [7, 11) is 0. The predicted molar refractivity (Wildman–Crippen MR) is 106 cm³/mol. The highest BCUT2D eigenvalue weighted by molar-refractivity contribution is 5.95. The molecule has 0 fully saturated rings. The summed E-state index contributed by atoms with van der Waals surface area (Å²) >= 11 is 0. The highest BCUT2D eigenvalue weighted by Gasteiger charge is 2.45. The highest BCUT2D eigenvalue weighted by atomic mass is 19.4. The number of carbonyl (C=O) groups is 1. The Morgan fingerprint density at radius 2 is 1.73 bits per heavy atom. The van der Waals surface area contributed by atoms with E-state index in [0.717, 1.165) is 5.56 Å². The minimum absolute atomic E-state index is 0.143. The first-order chi connectivity index (χ1) is 14.0. The lowest BCUT2D eigenvalue weighted by Crippen LogP contribution is -2.38. The van der Waals surface area contributed by atoms with Crippen LogP contribution in [0.5, 0.6) is 0 Å². The molecule has 3 rings (SSSR count). The van der Waals surface area contributed by atoms with Crippen LogP contribution in [-0.4, -0.2) is 30.0 Å². The van der Waals surface area contributed by atoms with Crippen molar-refractivity contribution < 1.29 is 27.4 Å². The lowest BCUT2D eigenvalue weighted by atomic mass is 10.1. The Morgan fingerprint density at radius 1 is 1.10 bits per heavy atom. The molecule has 0 saturated carbocycles. The van der Waals surface area contributed by atoms with Crippen LogP contribution in [-0.2, 0) is 16.0 Å². The largest absolute Gasteiger partial charge is 0.446 e. The van der Waals surface area contributed by atoms with Crippen molar-refractivity contribution >= 4 is 17.7 Å². The standard InChI is InChI=1S/C21H22F3N3O3/c1-20(2,3)30-19(28)27(16-7-5-4-6-8-16)13-14-9-11-15(12-10-14)17-25-26-18(29-17)21(22,23)24/h4-12,18,26H,13H2,1-3H3. The van der Waals surface area contributed by atoms with Gasteiger partial charge in [-0.25, -0.2) is 4.79 Å². The lowest BCUT2D eigenvalue weighted by Gasteiger charge is -2.27. The number of anilines is 1. The number of nitrogens with one attached hydrogen (secondary N) is 1. The van der Waals surface area contributed by atoms with Crippen LogP contribution in [0.3, 0.4) is 0 Å². The molecule has 0 radical (unpaired) electrons. The second kappa shape index (κ2) is 8.25. The normalized spacial score (nSPS) is 16.3. The van der Waals surface area contributed by atoms with E-state index in [1.807, 2.05) is 23.6 Å². The van der Waals surface area contributed by atoms with Crippen molar-refractivity contribution in [1.29, 1.82) is 0 Å². The molecule has 1 unspecified atom stereocenters. The van der Waals surface area contributed by atoms with Crippen LogP contribution in [0.2, 0.25) is 0 Å². The third-order valence-corrected chi connectivity index (χ3v) is 4.03. The van der Waals surface area contributed by atoms with Crippen LogP contribution >= 0.6 is 0 Å². The Kier molecular flexibility index (Phi) is 5.91. The molecule has 0 saturated heterocycles. The van der Waals surface area contributed by atoms with Gasteiger partial charge in [-0.2, -0.15) is 13.2 Å². The summed E-state index contributed by atoms with van der Waals surface area (Å²) in [4.78, 5) is 14.2. The molecule has 0 spiro atoms. The van der Waals surface area contributed by atoms with Crippen molar-refractivity contribution in [2.24, 2.45) is 5.10 Å². The number of benzene rings is 2. The van der Waals surface area contributed by atoms with Crippen molar-refractivity contribution in [3.8, 4) is 0 Å². The Morgan fingerprint density at radius 3 is 2.27 bits per heavy atom. The van der Waals surface area contributed by atoms with Crippen molar-refractivity contribution in [3.63, 3.8) is 0 Å². The van der Waals surface area contributed by atoms with Crippen molar-refractivity contribution in [2.75, 3.05) is 4.90 Å². The first-order valence-electron chi connectivity index (χ1n) is 9.24.